The molecule has 0 N–H and O–H groups in total. The first-order valence-corrected chi connectivity index (χ1v) is 13.2. The van der Waals surface area contributed by atoms with Crippen molar-refractivity contribution in [2.45, 2.75) is 45.1 Å². The van der Waals surface area contributed by atoms with E-state index in [-0.39, 0.29) is 22.6 Å². The van der Waals surface area contributed by atoms with Crippen LogP contribution in [0.2, 0.25) is 0 Å². The van der Waals surface area contributed by atoms with Gasteiger partial charge in [-0.05, 0) is 63.8 Å². The van der Waals surface area contributed by atoms with Gasteiger partial charge in [0.2, 0.25) is 0 Å². The van der Waals surface area contributed by atoms with Crippen molar-refractivity contribution in [2.24, 2.45) is 0 Å². The summed E-state index contributed by atoms with van der Waals surface area (Å²) in [6.45, 7) is 13.8. The summed E-state index contributed by atoms with van der Waals surface area (Å²) < 4.78 is 5.21. The standard InChI is InChI=1S/C26H43N5O4/c1-3-12-27-13-4-14-29-20-19-28(18-17-27)15-5-16-30(22-21-29)25(26(32)35-2)11-8-23-6-9-24(10-7-23)31(33)34/h6-7,9-10,25H,3-5,8,11-22H2,1-2H3. The molecule has 3 atom stereocenters. The molecule has 2 heterocycles. The van der Waals surface area contributed by atoms with Gasteiger partial charge < -0.3 is 19.4 Å². The molecule has 0 saturated carbocycles. The number of carbonyl (C=O) groups is 1. The Balaban J connectivity index is 1.66. The molecule has 3 unspecified atom stereocenters. The maximum absolute atomic E-state index is 12.8. The smallest absolute Gasteiger partial charge is 0.323 e. The van der Waals surface area contributed by atoms with Crippen LogP contribution in [-0.2, 0) is 16.0 Å². The zero-order valence-corrected chi connectivity index (χ0v) is 21.6. The van der Waals surface area contributed by atoms with E-state index >= 15 is 0 Å². The molecule has 2 aliphatic rings. The lowest BCUT2D eigenvalue weighted by Gasteiger charge is -2.37. The molecule has 35 heavy (non-hydrogen) atoms. The monoisotopic (exact) mass is 489 g/mol. The molecule has 0 spiro atoms. The maximum Gasteiger partial charge on any atom is 0.323 e. The highest BCUT2D eigenvalue weighted by molar-refractivity contribution is 5.75. The second-order valence-electron chi connectivity index (χ2n) is 9.77. The van der Waals surface area contributed by atoms with Gasteiger partial charge in [0.05, 0.1) is 12.0 Å². The largest absolute Gasteiger partial charge is 0.468 e. The van der Waals surface area contributed by atoms with Crippen LogP contribution in [0.3, 0.4) is 0 Å². The van der Waals surface area contributed by atoms with Crippen molar-refractivity contribution in [3.05, 3.63) is 39.9 Å². The van der Waals surface area contributed by atoms with Gasteiger partial charge in [-0.25, -0.2) is 0 Å². The minimum absolute atomic E-state index is 0.0879. The molecule has 1 aromatic carbocycles. The van der Waals surface area contributed by atoms with Gasteiger partial charge in [-0.2, -0.15) is 0 Å². The number of carbonyl (C=O) groups excluding carboxylic acids is 1. The summed E-state index contributed by atoms with van der Waals surface area (Å²) in [7, 11) is 1.46. The van der Waals surface area contributed by atoms with E-state index in [4.69, 9.17) is 4.74 Å². The van der Waals surface area contributed by atoms with Gasteiger partial charge in [0.15, 0.2) is 0 Å². The van der Waals surface area contributed by atoms with E-state index in [0.717, 1.165) is 77.4 Å². The number of rotatable bonds is 8. The Labute approximate surface area is 210 Å². The van der Waals surface area contributed by atoms with Crippen LogP contribution in [0.15, 0.2) is 24.3 Å². The number of nitro groups is 1. The third-order valence-corrected chi connectivity index (χ3v) is 7.34. The van der Waals surface area contributed by atoms with Crippen LogP contribution in [0.5, 0.6) is 0 Å². The lowest BCUT2D eigenvalue weighted by molar-refractivity contribution is -0.384. The van der Waals surface area contributed by atoms with E-state index in [1.807, 2.05) is 0 Å². The van der Waals surface area contributed by atoms with Gasteiger partial charge in [0.1, 0.15) is 6.04 Å². The third kappa shape index (κ3) is 8.83. The van der Waals surface area contributed by atoms with Gasteiger partial charge in [0, 0.05) is 57.9 Å². The fourth-order valence-corrected chi connectivity index (χ4v) is 5.27. The van der Waals surface area contributed by atoms with Crippen LogP contribution in [0.1, 0.15) is 38.2 Å². The number of methoxy groups -OCH3 is 1. The summed E-state index contributed by atoms with van der Waals surface area (Å²) in [5.74, 6) is -0.191. The Morgan fingerprint density at radius 3 is 2.20 bits per heavy atom. The minimum atomic E-state index is -0.387. The highest BCUT2D eigenvalue weighted by Gasteiger charge is 2.28. The molecule has 0 aromatic heterocycles. The number of benzene rings is 1. The number of ether oxygens (including phenoxy) is 1. The fourth-order valence-electron chi connectivity index (χ4n) is 5.27. The first-order valence-electron chi connectivity index (χ1n) is 13.2. The molecule has 2 aliphatic heterocycles. The molecule has 2 bridgehead atoms. The van der Waals surface area contributed by atoms with Crippen molar-refractivity contribution in [2.75, 3.05) is 79.1 Å². The van der Waals surface area contributed by atoms with Crippen LogP contribution in [0.25, 0.3) is 0 Å². The normalized spacial score (nSPS) is 23.9. The van der Waals surface area contributed by atoms with Crippen LogP contribution >= 0.6 is 0 Å². The van der Waals surface area contributed by atoms with E-state index in [2.05, 4.69) is 26.5 Å². The summed E-state index contributed by atoms with van der Waals surface area (Å²) in [5, 5.41) is 10.9. The maximum atomic E-state index is 12.8. The molecule has 3 rings (SSSR count). The summed E-state index contributed by atoms with van der Waals surface area (Å²) in [4.78, 5) is 33.5. The molecule has 9 nitrogen and oxygen atoms in total. The zero-order valence-electron chi connectivity index (χ0n) is 21.6. The zero-order chi connectivity index (χ0) is 25.0. The van der Waals surface area contributed by atoms with Crippen molar-refractivity contribution < 1.29 is 14.5 Å². The van der Waals surface area contributed by atoms with Crippen molar-refractivity contribution in [1.82, 2.24) is 19.6 Å². The molecule has 0 amide bonds. The molecular weight excluding hydrogens is 446 g/mol. The number of fused-ring (bicyclic) bond motifs is 3. The number of non-ortho nitro benzene ring substituents is 1. The van der Waals surface area contributed by atoms with E-state index in [0.29, 0.717) is 12.8 Å². The quantitative estimate of drug-likeness (QED) is 0.313. The topological polar surface area (TPSA) is 82.4 Å². The van der Waals surface area contributed by atoms with Gasteiger partial charge in [0.25, 0.3) is 5.69 Å². The molecule has 2 saturated heterocycles. The third-order valence-electron chi connectivity index (χ3n) is 7.34. The van der Waals surface area contributed by atoms with Crippen LogP contribution < -0.4 is 0 Å². The van der Waals surface area contributed by atoms with E-state index in [1.54, 1.807) is 12.1 Å². The van der Waals surface area contributed by atoms with Crippen LogP contribution in [-0.4, -0.2) is 116 Å². The predicted molar refractivity (Wildman–Crippen MR) is 138 cm³/mol. The van der Waals surface area contributed by atoms with Gasteiger partial charge in [-0.15, -0.1) is 0 Å². The van der Waals surface area contributed by atoms with Gasteiger partial charge in [-0.3, -0.25) is 19.8 Å². The van der Waals surface area contributed by atoms with Gasteiger partial charge in [-0.1, -0.05) is 19.1 Å². The molecule has 0 radical (unpaired) electrons. The minimum Gasteiger partial charge on any atom is -0.468 e. The van der Waals surface area contributed by atoms with Gasteiger partial charge >= 0.3 is 5.97 Å². The summed E-state index contributed by atoms with van der Waals surface area (Å²) in [6.07, 6.45) is 4.73. The lowest BCUT2D eigenvalue weighted by atomic mass is 10.0. The highest BCUT2D eigenvalue weighted by atomic mass is 16.6. The molecule has 196 valence electrons. The molecule has 0 aliphatic carbocycles. The van der Waals surface area contributed by atoms with Crippen molar-refractivity contribution >= 4 is 11.7 Å². The SMILES string of the molecule is CCCN1CCCN2CCN(CCCN(C(CCc3ccc([N+](=O)[O-])cc3)C(=O)OC)CC2)CC1. The van der Waals surface area contributed by atoms with E-state index in [9.17, 15) is 14.9 Å². The van der Waals surface area contributed by atoms with Crippen molar-refractivity contribution in [1.29, 1.82) is 0 Å². The van der Waals surface area contributed by atoms with E-state index in [1.165, 1.54) is 38.6 Å². The van der Waals surface area contributed by atoms with Crippen LogP contribution in [0.4, 0.5) is 5.69 Å². The Bertz CT molecular complexity index is 790. The molecule has 9 heteroatoms. The Hall–Kier alpha value is -2.07. The van der Waals surface area contributed by atoms with Crippen molar-refractivity contribution in [3.63, 3.8) is 0 Å². The highest BCUT2D eigenvalue weighted by Crippen LogP contribution is 2.17. The number of nitrogens with zero attached hydrogens (tertiary/aromatic N) is 5. The number of nitro benzene ring substituents is 1. The average Bonchev–Trinajstić information content (AvgIpc) is 2.87. The molecular formula is C26H43N5O4. The number of hydrogen-bond acceptors (Lipinski definition) is 8. The fraction of sp³-hybridized carbons (Fsp3) is 0.731. The first kappa shape index (κ1) is 27.5. The Morgan fingerprint density at radius 2 is 1.57 bits per heavy atom. The Morgan fingerprint density at radius 1 is 0.943 bits per heavy atom. The predicted octanol–water partition coefficient (Wildman–Crippen LogP) is 2.49. The number of aryl methyl sites for hydroxylation is 1. The first-order chi connectivity index (χ1) is 17.0. The molecule has 2 fully saturated rings. The molecule has 1 aromatic rings. The number of esters is 1. The van der Waals surface area contributed by atoms with Crippen molar-refractivity contribution in [3.8, 4) is 0 Å². The average molecular weight is 490 g/mol. The number of hydrogen-bond donors (Lipinski definition) is 0. The van der Waals surface area contributed by atoms with Crippen LogP contribution in [0, 0.1) is 10.1 Å². The summed E-state index contributed by atoms with van der Waals surface area (Å²) in [5.41, 5.74) is 1.09. The second kappa shape index (κ2) is 14.5. The van der Waals surface area contributed by atoms with E-state index < -0.39 is 0 Å². The lowest BCUT2D eigenvalue weighted by Crippen LogP contribution is -2.50. The summed E-state index contributed by atoms with van der Waals surface area (Å²) in [6, 6.07) is 6.33. The summed E-state index contributed by atoms with van der Waals surface area (Å²) >= 11 is 0. The Kier molecular flexibility index (Phi) is 11.4. The second-order valence-corrected chi connectivity index (χ2v) is 9.77.